The van der Waals surface area contributed by atoms with E-state index >= 15 is 0 Å². The Balaban J connectivity index is 1.55. The van der Waals surface area contributed by atoms with E-state index in [0.29, 0.717) is 16.6 Å². The Hall–Kier alpha value is -4.42. The van der Waals surface area contributed by atoms with Gasteiger partial charge in [-0.05, 0) is 23.8 Å². The van der Waals surface area contributed by atoms with Gasteiger partial charge in [-0.2, -0.15) is 5.26 Å². The third-order valence-corrected chi connectivity index (χ3v) is 5.80. The third-order valence-electron chi connectivity index (χ3n) is 4.84. The van der Waals surface area contributed by atoms with Gasteiger partial charge in [-0.1, -0.05) is 47.7 Å². The maximum Gasteiger partial charge on any atom is 0.250 e. The number of nitrogens with zero attached hydrogens (tertiary/aromatic N) is 4. The second kappa shape index (κ2) is 10.5. The fourth-order valence-corrected chi connectivity index (χ4v) is 4.27. The zero-order chi connectivity index (χ0) is 23.9. The molecule has 8 nitrogen and oxygen atoms in total. The Morgan fingerprint density at radius 2 is 2.06 bits per heavy atom. The minimum atomic E-state index is -0.316. The van der Waals surface area contributed by atoms with Crippen LogP contribution >= 0.6 is 11.3 Å². The molecule has 2 aromatic carbocycles. The monoisotopic (exact) mass is 471 g/mol. The van der Waals surface area contributed by atoms with Crippen LogP contribution in [0.3, 0.4) is 0 Å². The minimum Gasteiger partial charge on any atom is -0.493 e. The van der Waals surface area contributed by atoms with Gasteiger partial charge in [0.15, 0.2) is 29.1 Å². The number of nitrogens with one attached hydrogen (secondary N) is 1. The summed E-state index contributed by atoms with van der Waals surface area (Å²) in [5.41, 5.74) is 2.45. The molecule has 0 atom stereocenters. The fraction of sp³-hybridized carbons (Fsp3) is 0.120. The summed E-state index contributed by atoms with van der Waals surface area (Å²) in [5, 5.41) is 12.0. The molecule has 0 aliphatic rings. The molecule has 9 heteroatoms. The zero-order valence-electron chi connectivity index (χ0n) is 18.6. The SMILES string of the molecule is COc1cc(/C=C/C(=O)Nc2nc(-c3ccccc3)c(-c3nccn3C)s2)ccc1OCC#N. The lowest BCUT2D eigenvalue weighted by Crippen LogP contribution is -2.07. The van der Waals surface area contributed by atoms with Crippen molar-refractivity contribution < 1.29 is 14.3 Å². The third kappa shape index (κ3) is 5.14. The molecule has 0 aliphatic carbocycles. The first-order chi connectivity index (χ1) is 16.6. The molecule has 0 spiro atoms. The van der Waals surface area contributed by atoms with Crippen molar-refractivity contribution in [3.63, 3.8) is 0 Å². The van der Waals surface area contributed by atoms with Gasteiger partial charge in [-0.3, -0.25) is 10.1 Å². The highest BCUT2D eigenvalue weighted by molar-refractivity contribution is 7.19. The van der Waals surface area contributed by atoms with E-state index in [9.17, 15) is 4.79 Å². The fourth-order valence-electron chi connectivity index (χ4n) is 3.24. The van der Waals surface area contributed by atoms with Crippen molar-refractivity contribution in [3.8, 4) is 39.5 Å². The van der Waals surface area contributed by atoms with Gasteiger partial charge in [0.1, 0.15) is 6.07 Å². The standard InChI is InChI=1S/C25H21N5O3S/c1-30-14-13-27-24(30)23-22(18-6-4-3-5-7-18)29-25(34-23)28-21(31)11-9-17-8-10-19(33-15-12-26)20(16-17)32-2/h3-11,13-14,16H,15H2,1-2H3,(H,28,29,31)/b11-9+. The molecule has 2 aromatic heterocycles. The number of benzene rings is 2. The number of methoxy groups -OCH3 is 1. The summed E-state index contributed by atoms with van der Waals surface area (Å²) in [4.78, 5) is 22.6. The van der Waals surface area contributed by atoms with E-state index in [0.717, 1.165) is 27.5 Å². The number of imidazole rings is 1. The average Bonchev–Trinajstić information content (AvgIpc) is 3.47. The van der Waals surface area contributed by atoms with Crippen LogP contribution in [-0.2, 0) is 11.8 Å². The van der Waals surface area contributed by atoms with E-state index in [1.54, 1.807) is 30.5 Å². The number of amides is 1. The summed E-state index contributed by atoms with van der Waals surface area (Å²) in [7, 11) is 3.43. The van der Waals surface area contributed by atoms with E-state index in [1.807, 2.05) is 54.2 Å². The molecule has 4 aromatic rings. The van der Waals surface area contributed by atoms with Gasteiger partial charge in [0.05, 0.1) is 17.7 Å². The number of aromatic nitrogens is 3. The number of anilines is 1. The molecule has 0 radical (unpaired) electrons. The number of hydrogen-bond acceptors (Lipinski definition) is 7. The topological polar surface area (TPSA) is 102 Å². The van der Waals surface area contributed by atoms with E-state index in [-0.39, 0.29) is 12.5 Å². The van der Waals surface area contributed by atoms with Crippen LogP contribution < -0.4 is 14.8 Å². The second-order valence-electron chi connectivity index (χ2n) is 7.10. The summed E-state index contributed by atoms with van der Waals surface area (Å²) >= 11 is 1.37. The Morgan fingerprint density at radius 3 is 2.76 bits per heavy atom. The number of thiazole rings is 1. The van der Waals surface area contributed by atoms with Crippen molar-refractivity contribution in [1.29, 1.82) is 5.26 Å². The summed E-state index contributed by atoms with van der Waals surface area (Å²) in [5.74, 6) is 1.40. The number of ether oxygens (including phenoxy) is 2. The lowest BCUT2D eigenvalue weighted by atomic mass is 10.1. The number of carbonyl (C=O) groups is 1. The van der Waals surface area contributed by atoms with E-state index in [4.69, 9.17) is 14.7 Å². The summed E-state index contributed by atoms with van der Waals surface area (Å²) < 4.78 is 12.5. The predicted octanol–water partition coefficient (Wildman–Crippen LogP) is 4.77. The van der Waals surface area contributed by atoms with Crippen LogP contribution in [-0.4, -0.2) is 34.2 Å². The summed E-state index contributed by atoms with van der Waals surface area (Å²) in [6.07, 6.45) is 6.69. The number of hydrogen-bond donors (Lipinski definition) is 1. The summed E-state index contributed by atoms with van der Waals surface area (Å²) in [6.45, 7) is -0.0764. The molecule has 0 unspecified atom stereocenters. The molecule has 0 bridgehead atoms. The lowest BCUT2D eigenvalue weighted by molar-refractivity contribution is -0.111. The second-order valence-corrected chi connectivity index (χ2v) is 8.10. The van der Waals surface area contributed by atoms with Crippen molar-refractivity contribution in [2.24, 2.45) is 7.05 Å². The van der Waals surface area contributed by atoms with Gasteiger partial charge in [-0.15, -0.1) is 0 Å². The van der Waals surface area contributed by atoms with Crippen LogP contribution in [0.15, 0.2) is 67.0 Å². The molecular weight excluding hydrogens is 450 g/mol. The van der Waals surface area contributed by atoms with Gasteiger partial charge < -0.3 is 14.0 Å². The van der Waals surface area contributed by atoms with Crippen LogP contribution in [0.2, 0.25) is 0 Å². The van der Waals surface area contributed by atoms with Gasteiger partial charge in [-0.25, -0.2) is 9.97 Å². The molecule has 170 valence electrons. The number of aryl methyl sites for hydroxylation is 1. The predicted molar refractivity (Wildman–Crippen MR) is 132 cm³/mol. The summed E-state index contributed by atoms with van der Waals surface area (Å²) in [6, 6.07) is 16.9. The Labute approximate surface area is 200 Å². The van der Waals surface area contributed by atoms with Crippen molar-refractivity contribution in [2.45, 2.75) is 0 Å². The van der Waals surface area contributed by atoms with E-state index < -0.39 is 0 Å². The highest BCUT2D eigenvalue weighted by Gasteiger charge is 2.18. The van der Waals surface area contributed by atoms with Crippen molar-refractivity contribution >= 4 is 28.5 Å². The molecule has 0 fully saturated rings. The van der Waals surface area contributed by atoms with Crippen LogP contribution in [0.4, 0.5) is 5.13 Å². The molecule has 0 saturated heterocycles. The molecule has 34 heavy (non-hydrogen) atoms. The lowest BCUT2D eigenvalue weighted by Gasteiger charge is -2.08. The smallest absolute Gasteiger partial charge is 0.250 e. The van der Waals surface area contributed by atoms with E-state index in [1.165, 1.54) is 24.5 Å². The molecule has 0 saturated carbocycles. The minimum absolute atomic E-state index is 0.0764. The molecular formula is C25H21N5O3S. The number of carbonyl (C=O) groups excluding carboxylic acids is 1. The van der Waals surface area contributed by atoms with Crippen LogP contribution in [0, 0.1) is 11.3 Å². The van der Waals surface area contributed by atoms with Gasteiger partial charge >= 0.3 is 0 Å². The van der Waals surface area contributed by atoms with Crippen molar-refractivity contribution in [2.75, 3.05) is 19.0 Å². The zero-order valence-corrected chi connectivity index (χ0v) is 19.4. The first-order valence-corrected chi connectivity index (χ1v) is 11.1. The van der Waals surface area contributed by atoms with E-state index in [2.05, 4.69) is 15.3 Å². The highest BCUT2D eigenvalue weighted by atomic mass is 32.1. The molecule has 2 heterocycles. The van der Waals surface area contributed by atoms with Crippen LogP contribution in [0.25, 0.3) is 28.0 Å². The van der Waals surface area contributed by atoms with Crippen molar-refractivity contribution in [1.82, 2.24) is 14.5 Å². The molecule has 0 aliphatic heterocycles. The van der Waals surface area contributed by atoms with Crippen LogP contribution in [0.5, 0.6) is 11.5 Å². The molecule has 1 N–H and O–H groups in total. The van der Waals surface area contributed by atoms with Crippen LogP contribution in [0.1, 0.15) is 5.56 Å². The average molecular weight is 472 g/mol. The first kappa shape index (κ1) is 22.8. The van der Waals surface area contributed by atoms with Gasteiger partial charge in [0.25, 0.3) is 0 Å². The maximum absolute atomic E-state index is 12.6. The Bertz CT molecular complexity index is 1370. The normalized spacial score (nSPS) is 10.7. The van der Waals surface area contributed by atoms with Crippen molar-refractivity contribution in [3.05, 3.63) is 72.6 Å². The largest absolute Gasteiger partial charge is 0.493 e. The Morgan fingerprint density at radius 1 is 1.24 bits per heavy atom. The molecule has 1 amide bonds. The van der Waals surface area contributed by atoms with Gasteiger partial charge in [0, 0.05) is 31.1 Å². The number of rotatable bonds is 8. The quantitative estimate of drug-likeness (QED) is 0.371. The highest BCUT2D eigenvalue weighted by Crippen LogP contribution is 2.38. The number of nitriles is 1. The Kier molecular flexibility index (Phi) is 7.01. The first-order valence-electron chi connectivity index (χ1n) is 10.3. The molecule has 4 rings (SSSR count). The van der Waals surface area contributed by atoms with Gasteiger partial charge in [0.2, 0.25) is 5.91 Å². The maximum atomic E-state index is 12.6.